The van der Waals surface area contributed by atoms with E-state index >= 15 is 0 Å². The molecule has 0 saturated carbocycles. The number of likely N-dealkylation sites (N-methyl/N-ethyl adjacent to an activating group) is 1. The monoisotopic (exact) mass is 379 g/mol. The Labute approximate surface area is 161 Å². The number of carbonyl (C=O) groups is 2. The van der Waals surface area contributed by atoms with Crippen molar-refractivity contribution in [1.82, 2.24) is 15.5 Å². The van der Waals surface area contributed by atoms with Gasteiger partial charge in [-0.2, -0.15) is 0 Å². The zero-order valence-corrected chi connectivity index (χ0v) is 16.7. The van der Waals surface area contributed by atoms with Crippen molar-refractivity contribution in [1.29, 1.82) is 0 Å². The van der Waals surface area contributed by atoms with E-state index in [0.717, 1.165) is 25.9 Å². The Morgan fingerprint density at radius 3 is 2.58 bits per heavy atom. The molecule has 0 aliphatic carbocycles. The fourth-order valence-electron chi connectivity index (χ4n) is 3.40. The van der Waals surface area contributed by atoms with Crippen molar-refractivity contribution in [2.75, 3.05) is 19.6 Å². The molecular weight excluding hydrogens is 350 g/mol. The van der Waals surface area contributed by atoms with Crippen LogP contribution in [0.3, 0.4) is 0 Å². The van der Waals surface area contributed by atoms with Crippen LogP contribution in [0, 0.1) is 5.92 Å². The minimum Gasteiger partial charge on any atom is -0.353 e. The van der Waals surface area contributed by atoms with Crippen LogP contribution in [0.2, 0.25) is 5.02 Å². The van der Waals surface area contributed by atoms with Crippen LogP contribution in [0.5, 0.6) is 0 Å². The van der Waals surface area contributed by atoms with Crippen LogP contribution in [0.15, 0.2) is 24.3 Å². The molecule has 1 heterocycles. The number of halogens is 1. The van der Waals surface area contributed by atoms with Crippen LogP contribution >= 0.6 is 11.6 Å². The Hall–Kier alpha value is -1.59. The predicted octanol–water partition coefficient (Wildman–Crippen LogP) is 3.09. The van der Waals surface area contributed by atoms with E-state index in [9.17, 15) is 9.59 Å². The second kappa shape index (κ2) is 9.93. The second-order valence-corrected chi connectivity index (χ2v) is 7.45. The van der Waals surface area contributed by atoms with Gasteiger partial charge in [0.2, 0.25) is 5.91 Å². The van der Waals surface area contributed by atoms with Crippen molar-refractivity contribution in [3.8, 4) is 0 Å². The summed E-state index contributed by atoms with van der Waals surface area (Å²) in [5.41, 5.74) is 0.503. The maximum Gasteiger partial charge on any atom is 0.251 e. The van der Waals surface area contributed by atoms with Gasteiger partial charge in [0.25, 0.3) is 5.91 Å². The summed E-state index contributed by atoms with van der Waals surface area (Å²) in [6.07, 6.45) is 3.10. The third-order valence-electron chi connectivity index (χ3n) is 5.31. The van der Waals surface area contributed by atoms with Gasteiger partial charge in [0.05, 0.1) is 0 Å². The number of rotatable bonds is 8. The molecule has 0 aromatic heterocycles. The molecule has 1 aromatic rings. The number of nitrogens with zero attached hydrogens (tertiary/aromatic N) is 1. The standard InChI is InChI=1S/C20H30ClN3O2/c1-4-14(3)18(23-19(25)15-8-10-16(21)11-9-15)20(26)22-13-17-7-6-12-24(17)5-2/h8-11,14,17-18H,4-7,12-13H2,1-3H3,(H,22,26)(H,23,25). The second-order valence-electron chi connectivity index (χ2n) is 7.01. The Kier molecular flexibility index (Phi) is 7.91. The van der Waals surface area contributed by atoms with Gasteiger partial charge in [-0.1, -0.05) is 38.8 Å². The van der Waals surface area contributed by atoms with Gasteiger partial charge in [-0.25, -0.2) is 0 Å². The SMILES string of the molecule is CCC(C)C(NC(=O)c1ccc(Cl)cc1)C(=O)NCC1CCCN1CC. The van der Waals surface area contributed by atoms with E-state index in [0.29, 0.717) is 23.2 Å². The number of amides is 2. The Morgan fingerprint density at radius 2 is 1.96 bits per heavy atom. The minimum atomic E-state index is -0.542. The smallest absolute Gasteiger partial charge is 0.251 e. The number of likely N-dealkylation sites (tertiary alicyclic amines) is 1. The molecule has 26 heavy (non-hydrogen) atoms. The van der Waals surface area contributed by atoms with E-state index in [2.05, 4.69) is 22.5 Å². The summed E-state index contributed by atoms with van der Waals surface area (Å²) in [6, 6.07) is 6.54. The van der Waals surface area contributed by atoms with E-state index in [4.69, 9.17) is 11.6 Å². The normalized spacial score (nSPS) is 19.8. The molecule has 3 atom stereocenters. The Balaban J connectivity index is 1.98. The topological polar surface area (TPSA) is 61.4 Å². The van der Waals surface area contributed by atoms with Gasteiger partial charge in [-0.3, -0.25) is 14.5 Å². The fraction of sp³-hybridized carbons (Fsp3) is 0.600. The van der Waals surface area contributed by atoms with Crippen molar-refractivity contribution in [3.05, 3.63) is 34.9 Å². The summed E-state index contributed by atoms with van der Waals surface area (Å²) in [5.74, 6) is -0.306. The first-order valence-electron chi connectivity index (χ1n) is 9.54. The quantitative estimate of drug-likeness (QED) is 0.729. The lowest BCUT2D eigenvalue weighted by molar-refractivity contribution is -0.124. The van der Waals surface area contributed by atoms with E-state index in [1.807, 2.05) is 13.8 Å². The third kappa shape index (κ3) is 5.45. The largest absolute Gasteiger partial charge is 0.353 e. The van der Waals surface area contributed by atoms with Crippen LogP contribution in [0.25, 0.3) is 0 Å². The molecular formula is C20H30ClN3O2. The molecule has 1 aliphatic heterocycles. The summed E-state index contributed by atoms with van der Waals surface area (Å²) in [5, 5.41) is 6.53. The number of carbonyl (C=O) groups excluding carboxylic acids is 2. The maximum atomic E-state index is 12.8. The van der Waals surface area contributed by atoms with Crippen LogP contribution in [0.4, 0.5) is 0 Å². The average Bonchev–Trinajstić information content (AvgIpc) is 3.11. The Bertz CT molecular complexity index is 606. The molecule has 6 heteroatoms. The first-order chi connectivity index (χ1) is 12.5. The van der Waals surface area contributed by atoms with Gasteiger partial charge in [0.1, 0.15) is 6.04 Å². The first kappa shape index (κ1) is 20.7. The summed E-state index contributed by atoms with van der Waals surface area (Å²) in [4.78, 5) is 27.7. The van der Waals surface area contributed by atoms with Gasteiger partial charge < -0.3 is 10.6 Å². The maximum absolute atomic E-state index is 12.8. The van der Waals surface area contributed by atoms with Gasteiger partial charge in [-0.15, -0.1) is 0 Å². The van der Waals surface area contributed by atoms with Crippen molar-refractivity contribution in [2.24, 2.45) is 5.92 Å². The van der Waals surface area contributed by atoms with Gasteiger partial charge >= 0.3 is 0 Å². The summed E-state index contributed by atoms with van der Waals surface area (Å²) in [7, 11) is 0. The highest BCUT2D eigenvalue weighted by Gasteiger charge is 2.28. The molecule has 144 valence electrons. The summed E-state index contributed by atoms with van der Waals surface area (Å²) in [6.45, 7) is 8.89. The van der Waals surface area contributed by atoms with Crippen molar-refractivity contribution < 1.29 is 9.59 Å². The van der Waals surface area contributed by atoms with Gasteiger partial charge in [-0.05, 0) is 56.1 Å². The number of nitrogens with one attached hydrogen (secondary N) is 2. The van der Waals surface area contributed by atoms with Gasteiger partial charge in [0, 0.05) is 23.2 Å². The lowest BCUT2D eigenvalue weighted by atomic mass is 9.97. The molecule has 0 spiro atoms. The first-order valence-corrected chi connectivity index (χ1v) is 9.92. The van der Waals surface area contributed by atoms with E-state index in [1.54, 1.807) is 24.3 Å². The van der Waals surface area contributed by atoms with Crippen molar-refractivity contribution in [2.45, 2.75) is 52.1 Å². The third-order valence-corrected chi connectivity index (χ3v) is 5.56. The predicted molar refractivity (Wildman–Crippen MR) is 105 cm³/mol. The molecule has 1 aliphatic rings. The highest BCUT2D eigenvalue weighted by atomic mass is 35.5. The van der Waals surface area contributed by atoms with Crippen LogP contribution in [-0.4, -0.2) is 48.4 Å². The van der Waals surface area contributed by atoms with E-state index in [1.165, 1.54) is 6.42 Å². The zero-order valence-electron chi connectivity index (χ0n) is 15.9. The Morgan fingerprint density at radius 1 is 1.27 bits per heavy atom. The fourth-order valence-corrected chi connectivity index (χ4v) is 3.52. The lowest BCUT2D eigenvalue weighted by Crippen LogP contribution is -2.52. The molecule has 2 amide bonds. The van der Waals surface area contributed by atoms with E-state index < -0.39 is 6.04 Å². The highest BCUT2D eigenvalue weighted by Crippen LogP contribution is 2.16. The van der Waals surface area contributed by atoms with Crippen LogP contribution in [0.1, 0.15) is 50.4 Å². The minimum absolute atomic E-state index is 0.0529. The van der Waals surface area contributed by atoms with Crippen LogP contribution < -0.4 is 10.6 Å². The van der Waals surface area contributed by atoms with Crippen molar-refractivity contribution in [3.63, 3.8) is 0 Å². The molecule has 2 N–H and O–H groups in total. The number of benzene rings is 1. The molecule has 5 nitrogen and oxygen atoms in total. The van der Waals surface area contributed by atoms with Crippen molar-refractivity contribution >= 4 is 23.4 Å². The summed E-state index contributed by atoms with van der Waals surface area (Å²) < 4.78 is 0. The number of hydrogen-bond acceptors (Lipinski definition) is 3. The van der Waals surface area contributed by atoms with Gasteiger partial charge in [0.15, 0.2) is 0 Å². The molecule has 2 rings (SSSR count). The molecule has 1 saturated heterocycles. The van der Waals surface area contributed by atoms with Crippen LogP contribution in [-0.2, 0) is 4.79 Å². The molecule has 0 bridgehead atoms. The summed E-state index contributed by atoms with van der Waals surface area (Å²) >= 11 is 5.87. The molecule has 0 radical (unpaired) electrons. The van der Waals surface area contributed by atoms with E-state index in [-0.39, 0.29) is 17.7 Å². The number of hydrogen-bond donors (Lipinski definition) is 2. The molecule has 1 aromatic carbocycles. The molecule has 1 fully saturated rings. The highest BCUT2D eigenvalue weighted by molar-refractivity contribution is 6.30. The lowest BCUT2D eigenvalue weighted by Gasteiger charge is -2.27. The zero-order chi connectivity index (χ0) is 19.1. The molecule has 3 unspecified atom stereocenters. The average molecular weight is 380 g/mol.